The lowest BCUT2D eigenvalue weighted by Gasteiger charge is -2.12. The minimum absolute atomic E-state index is 0.220. The fraction of sp³-hybridized carbons (Fsp3) is 0.0833. The molecule has 0 aliphatic rings. The molecule has 1 aromatic heterocycles. The number of benzene rings is 2. The van der Waals surface area contributed by atoms with Gasteiger partial charge in [-0.25, -0.2) is 4.98 Å². The SMILES string of the molecule is COc1ccc(-c2cnc(N)c(-c3ccc(NC(=O)/C(C=O)=C/NC=O)cc3)c2)cc1OC. The van der Waals surface area contributed by atoms with Crippen molar-refractivity contribution in [2.24, 2.45) is 0 Å². The average Bonchev–Trinajstić information content (AvgIpc) is 2.85. The Labute approximate surface area is 190 Å². The maximum Gasteiger partial charge on any atom is 0.260 e. The molecule has 0 saturated heterocycles. The summed E-state index contributed by atoms with van der Waals surface area (Å²) >= 11 is 0. The van der Waals surface area contributed by atoms with E-state index in [0.29, 0.717) is 41.3 Å². The number of hydrogen-bond acceptors (Lipinski definition) is 7. The summed E-state index contributed by atoms with van der Waals surface area (Å²) in [7, 11) is 3.14. The topological polar surface area (TPSA) is 133 Å². The molecule has 2 amide bonds. The van der Waals surface area contributed by atoms with E-state index in [1.807, 2.05) is 24.3 Å². The Balaban J connectivity index is 1.86. The standard InChI is InChI=1S/C24H22N4O5/c1-32-21-8-5-16(10-22(21)33-2)17-9-20(23(25)27-12-17)15-3-6-19(7-4-15)28-24(31)18(13-29)11-26-14-30/h3-14H,1-2H3,(H2,25,27)(H,26,30)(H,28,31)/b18-11+. The van der Waals surface area contributed by atoms with Crippen LogP contribution in [0.5, 0.6) is 11.5 Å². The number of nitrogen functional groups attached to an aromatic ring is 1. The number of pyridine rings is 1. The average molecular weight is 446 g/mol. The van der Waals surface area contributed by atoms with E-state index in [0.717, 1.165) is 22.9 Å². The van der Waals surface area contributed by atoms with Gasteiger partial charge in [-0.15, -0.1) is 0 Å². The van der Waals surface area contributed by atoms with Crippen LogP contribution >= 0.6 is 0 Å². The van der Waals surface area contributed by atoms with Gasteiger partial charge in [-0.05, 0) is 41.5 Å². The Morgan fingerprint density at radius 3 is 2.27 bits per heavy atom. The highest BCUT2D eigenvalue weighted by Crippen LogP contribution is 2.35. The molecule has 9 heteroatoms. The molecule has 0 atom stereocenters. The number of amides is 2. The summed E-state index contributed by atoms with van der Waals surface area (Å²) in [6, 6.07) is 14.4. The maximum atomic E-state index is 12.1. The van der Waals surface area contributed by atoms with Gasteiger partial charge in [0.05, 0.1) is 19.8 Å². The lowest BCUT2D eigenvalue weighted by molar-refractivity contribution is -0.115. The first-order chi connectivity index (χ1) is 16.0. The molecule has 0 fully saturated rings. The van der Waals surface area contributed by atoms with Gasteiger partial charge in [0.15, 0.2) is 17.8 Å². The molecule has 0 radical (unpaired) electrons. The molecule has 0 unspecified atom stereocenters. The molecule has 3 aromatic rings. The number of anilines is 2. The van der Waals surface area contributed by atoms with Crippen LogP contribution in [0.1, 0.15) is 0 Å². The maximum absolute atomic E-state index is 12.1. The minimum Gasteiger partial charge on any atom is -0.493 e. The quantitative estimate of drug-likeness (QED) is 0.199. The molecular formula is C24H22N4O5. The first-order valence-corrected chi connectivity index (χ1v) is 9.75. The monoisotopic (exact) mass is 446 g/mol. The normalized spacial score (nSPS) is 10.8. The van der Waals surface area contributed by atoms with Crippen LogP contribution in [0.4, 0.5) is 11.5 Å². The molecule has 0 aliphatic heterocycles. The Bertz CT molecular complexity index is 1210. The first kappa shape index (κ1) is 23.0. The number of nitrogens with two attached hydrogens (primary N) is 1. The van der Waals surface area contributed by atoms with Crippen molar-refractivity contribution in [1.29, 1.82) is 0 Å². The number of carbonyl (C=O) groups excluding carboxylic acids is 3. The zero-order chi connectivity index (χ0) is 23.8. The summed E-state index contributed by atoms with van der Waals surface area (Å²) in [6.45, 7) is 0. The number of nitrogens with zero attached hydrogens (tertiary/aromatic N) is 1. The second kappa shape index (κ2) is 10.6. The van der Waals surface area contributed by atoms with Crippen molar-refractivity contribution in [3.63, 3.8) is 0 Å². The van der Waals surface area contributed by atoms with Crippen LogP contribution in [-0.2, 0) is 14.4 Å². The number of rotatable bonds is 9. The van der Waals surface area contributed by atoms with Gasteiger partial charge in [0.1, 0.15) is 5.82 Å². The number of ether oxygens (including phenoxy) is 2. The van der Waals surface area contributed by atoms with E-state index in [-0.39, 0.29) is 5.57 Å². The molecule has 0 aliphatic carbocycles. The highest BCUT2D eigenvalue weighted by atomic mass is 16.5. The number of carbonyl (C=O) groups is 3. The number of hydrogen-bond donors (Lipinski definition) is 3. The summed E-state index contributed by atoms with van der Waals surface area (Å²) in [4.78, 5) is 37.8. The van der Waals surface area contributed by atoms with Crippen LogP contribution in [0.3, 0.4) is 0 Å². The van der Waals surface area contributed by atoms with Gasteiger partial charge in [-0.3, -0.25) is 14.4 Å². The number of methoxy groups -OCH3 is 2. The summed E-state index contributed by atoms with van der Waals surface area (Å²) < 4.78 is 10.7. The van der Waals surface area contributed by atoms with Crippen molar-refractivity contribution in [2.75, 3.05) is 25.3 Å². The van der Waals surface area contributed by atoms with Gasteiger partial charge in [0.25, 0.3) is 5.91 Å². The van der Waals surface area contributed by atoms with E-state index >= 15 is 0 Å². The van der Waals surface area contributed by atoms with Crippen LogP contribution in [0.2, 0.25) is 0 Å². The van der Waals surface area contributed by atoms with Crippen molar-refractivity contribution in [1.82, 2.24) is 10.3 Å². The lowest BCUT2D eigenvalue weighted by Crippen LogP contribution is -2.17. The van der Waals surface area contributed by atoms with Gasteiger partial charge in [0.2, 0.25) is 6.41 Å². The summed E-state index contributed by atoms with van der Waals surface area (Å²) in [5, 5.41) is 4.75. The van der Waals surface area contributed by atoms with E-state index in [4.69, 9.17) is 15.2 Å². The minimum atomic E-state index is -0.649. The first-order valence-electron chi connectivity index (χ1n) is 9.75. The Morgan fingerprint density at radius 1 is 0.939 bits per heavy atom. The van der Waals surface area contributed by atoms with Gasteiger partial charge < -0.3 is 25.8 Å². The fourth-order valence-corrected chi connectivity index (χ4v) is 3.09. The third kappa shape index (κ3) is 5.34. The molecule has 0 bridgehead atoms. The lowest BCUT2D eigenvalue weighted by atomic mass is 10.0. The smallest absolute Gasteiger partial charge is 0.260 e. The molecular weight excluding hydrogens is 424 g/mol. The van der Waals surface area contributed by atoms with E-state index < -0.39 is 5.91 Å². The van der Waals surface area contributed by atoms with Crippen LogP contribution in [0.25, 0.3) is 22.3 Å². The van der Waals surface area contributed by atoms with Crippen molar-refractivity contribution in [2.45, 2.75) is 0 Å². The van der Waals surface area contributed by atoms with Crippen LogP contribution in [-0.4, -0.2) is 37.8 Å². The number of nitrogens with one attached hydrogen (secondary N) is 2. The van der Waals surface area contributed by atoms with Gasteiger partial charge in [-0.1, -0.05) is 18.2 Å². The van der Waals surface area contributed by atoms with Gasteiger partial charge in [-0.2, -0.15) is 0 Å². The molecule has 168 valence electrons. The number of aromatic nitrogens is 1. The van der Waals surface area contributed by atoms with Crippen LogP contribution in [0, 0.1) is 0 Å². The Morgan fingerprint density at radius 2 is 1.64 bits per heavy atom. The predicted molar refractivity (Wildman–Crippen MR) is 125 cm³/mol. The molecule has 2 aromatic carbocycles. The third-order valence-corrected chi connectivity index (χ3v) is 4.79. The van der Waals surface area contributed by atoms with E-state index in [1.54, 1.807) is 44.7 Å². The molecule has 0 saturated carbocycles. The molecule has 33 heavy (non-hydrogen) atoms. The van der Waals surface area contributed by atoms with E-state index in [9.17, 15) is 14.4 Å². The second-order valence-electron chi connectivity index (χ2n) is 6.76. The van der Waals surface area contributed by atoms with E-state index in [2.05, 4.69) is 15.6 Å². The molecule has 1 heterocycles. The van der Waals surface area contributed by atoms with Gasteiger partial charge in [0, 0.05) is 29.2 Å². The third-order valence-electron chi connectivity index (χ3n) is 4.79. The molecule has 4 N–H and O–H groups in total. The van der Waals surface area contributed by atoms with Crippen molar-refractivity contribution in [3.05, 3.63) is 66.5 Å². The second-order valence-corrected chi connectivity index (χ2v) is 6.76. The highest BCUT2D eigenvalue weighted by Gasteiger charge is 2.12. The Kier molecular flexibility index (Phi) is 7.38. The van der Waals surface area contributed by atoms with Crippen molar-refractivity contribution in [3.8, 4) is 33.8 Å². The van der Waals surface area contributed by atoms with E-state index in [1.165, 1.54) is 0 Å². The summed E-state index contributed by atoms with van der Waals surface area (Å²) in [5.74, 6) is 0.920. The summed E-state index contributed by atoms with van der Waals surface area (Å²) in [6.07, 6.45) is 3.41. The van der Waals surface area contributed by atoms with Crippen molar-refractivity contribution >= 4 is 30.1 Å². The fourth-order valence-electron chi connectivity index (χ4n) is 3.09. The van der Waals surface area contributed by atoms with Crippen molar-refractivity contribution < 1.29 is 23.9 Å². The Hall–Kier alpha value is -4.66. The zero-order valence-corrected chi connectivity index (χ0v) is 18.0. The predicted octanol–water partition coefficient (Wildman–Crippen LogP) is 2.78. The van der Waals surface area contributed by atoms with Gasteiger partial charge >= 0.3 is 0 Å². The largest absolute Gasteiger partial charge is 0.493 e. The highest BCUT2D eigenvalue weighted by molar-refractivity contribution is 6.16. The number of aldehydes is 1. The molecule has 0 spiro atoms. The summed E-state index contributed by atoms with van der Waals surface area (Å²) in [5.41, 5.74) is 9.57. The van der Waals surface area contributed by atoms with Crippen LogP contribution in [0.15, 0.2) is 66.5 Å². The molecule has 3 rings (SSSR count). The van der Waals surface area contributed by atoms with Crippen LogP contribution < -0.4 is 25.8 Å². The molecule has 9 nitrogen and oxygen atoms in total. The zero-order valence-electron chi connectivity index (χ0n) is 18.0.